The van der Waals surface area contributed by atoms with Gasteiger partial charge in [0.05, 0.1) is 11.7 Å². The highest BCUT2D eigenvalue weighted by atomic mass is 35.5. The van der Waals surface area contributed by atoms with Crippen molar-refractivity contribution in [1.82, 2.24) is 13.6 Å². The average Bonchev–Trinajstić information content (AvgIpc) is 3.15. The van der Waals surface area contributed by atoms with Crippen LogP contribution in [0, 0.1) is 0 Å². The van der Waals surface area contributed by atoms with E-state index in [9.17, 15) is 4.79 Å². The summed E-state index contributed by atoms with van der Waals surface area (Å²) in [6.45, 7) is 1.28. The molecule has 7 heteroatoms. The van der Waals surface area contributed by atoms with E-state index in [1.165, 1.54) is 11.1 Å². The maximum Gasteiger partial charge on any atom is 0.260 e. The Morgan fingerprint density at radius 2 is 1.88 bits per heavy atom. The standard InChI is InChI=1S/C19H16ClN3O2S/c20-16-7-5-14(6-8-16)18-19(22-26-21-18)25-12-17(24)23-10-9-13-3-1-2-4-15(13)11-23/h1-8H,9-12H2. The van der Waals surface area contributed by atoms with Gasteiger partial charge in [0, 0.05) is 23.7 Å². The first-order valence-corrected chi connectivity index (χ1v) is 9.37. The number of carbonyl (C=O) groups is 1. The molecule has 3 aromatic rings. The van der Waals surface area contributed by atoms with Crippen LogP contribution < -0.4 is 4.74 Å². The van der Waals surface area contributed by atoms with Gasteiger partial charge in [-0.1, -0.05) is 48.0 Å². The van der Waals surface area contributed by atoms with Gasteiger partial charge in [-0.2, -0.15) is 4.37 Å². The lowest BCUT2D eigenvalue weighted by Gasteiger charge is -2.28. The normalized spacial score (nSPS) is 13.3. The molecule has 0 unspecified atom stereocenters. The van der Waals surface area contributed by atoms with Gasteiger partial charge in [-0.25, -0.2) is 0 Å². The number of ether oxygens (including phenoxy) is 1. The summed E-state index contributed by atoms with van der Waals surface area (Å²) in [5.41, 5.74) is 4.00. The quantitative estimate of drug-likeness (QED) is 0.685. The van der Waals surface area contributed by atoms with Crippen molar-refractivity contribution in [3.8, 4) is 17.1 Å². The van der Waals surface area contributed by atoms with E-state index in [1.54, 1.807) is 12.1 Å². The molecule has 0 saturated heterocycles. The maximum absolute atomic E-state index is 12.5. The Kier molecular flexibility index (Phi) is 4.86. The molecule has 0 spiro atoms. The van der Waals surface area contributed by atoms with Crippen LogP contribution in [-0.4, -0.2) is 32.7 Å². The predicted octanol–water partition coefficient (Wildman–Crippen LogP) is 3.82. The Balaban J connectivity index is 1.41. The Morgan fingerprint density at radius 1 is 1.12 bits per heavy atom. The van der Waals surface area contributed by atoms with E-state index in [1.807, 2.05) is 29.2 Å². The lowest BCUT2D eigenvalue weighted by Crippen LogP contribution is -2.38. The smallest absolute Gasteiger partial charge is 0.260 e. The number of fused-ring (bicyclic) bond motifs is 1. The summed E-state index contributed by atoms with van der Waals surface area (Å²) >= 11 is 6.98. The van der Waals surface area contributed by atoms with Gasteiger partial charge >= 0.3 is 0 Å². The number of hydrogen-bond donors (Lipinski definition) is 0. The molecule has 132 valence electrons. The van der Waals surface area contributed by atoms with Crippen molar-refractivity contribution in [2.75, 3.05) is 13.2 Å². The molecule has 0 atom stereocenters. The van der Waals surface area contributed by atoms with Gasteiger partial charge in [-0.3, -0.25) is 4.79 Å². The van der Waals surface area contributed by atoms with Crippen LogP contribution in [0.2, 0.25) is 5.02 Å². The Morgan fingerprint density at radius 3 is 2.69 bits per heavy atom. The van der Waals surface area contributed by atoms with Gasteiger partial charge in [0.25, 0.3) is 11.8 Å². The fourth-order valence-electron chi connectivity index (χ4n) is 2.99. The minimum atomic E-state index is -0.0475. The number of benzene rings is 2. The number of halogens is 1. The summed E-state index contributed by atoms with van der Waals surface area (Å²) in [4.78, 5) is 14.4. The highest BCUT2D eigenvalue weighted by molar-refractivity contribution is 6.99. The second-order valence-corrected chi connectivity index (χ2v) is 7.01. The Labute approximate surface area is 160 Å². The van der Waals surface area contributed by atoms with Gasteiger partial charge in [0.15, 0.2) is 6.61 Å². The summed E-state index contributed by atoms with van der Waals surface area (Å²) in [7, 11) is 0. The molecule has 1 amide bonds. The molecular weight excluding hydrogens is 370 g/mol. The lowest BCUT2D eigenvalue weighted by molar-refractivity contribution is -0.134. The van der Waals surface area contributed by atoms with Crippen LogP contribution in [0.3, 0.4) is 0 Å². The van der Waals surface area contributed by atoms with Crippen LogP contribution in [0.15, 0.2) is 48.5 Å². The number of aromatic nitrogens is 2. The van der Waals surface area contributed by atoms with E-state index < -0.39 is 0 Å². The number of nitrogens with zero attached hydrogens (tertiary/aromatic N) is 3. The van der Waals surface area contributed by atoms with E-state index in [4.69, 9.17) is 16.3 Å². The van der Waals surface area contributed by atoms with E-state index in [2.05, 4.69) is 20.9 Å². The van der Waals surface area contributed by atoms with Crippen molar-refractivity contribution in [3.63, 3.8) is 0 Å². The molecule has 0 fully saturated rings. The summed E-state index contributed by atoms with van der Waals surface area (Å²) < 4.78 is 14.1. The fourth-order valence-corrected chi connectivity index (χ4v) is 3.63. The van der Waals surface area contributed by atoms with Crippen molar-refractivity contribution in [2.45, 2.75) is 13.0 Å². The molecule has 0 bridgehead atoms. The zero-order valence-corrected chi connectivity index (χ0v) is 15.5. The van der Waals surface area contributed by atoms with Gasteiger partial charge in [-0.05, 0) is 29.7 Å². The summed E-state index contributed by atoms with van der Waals surface area (Å²) in [6, 6.07) is 15.5. The molecule has 2 heterocycles. The predicted molar refractivity (Wildman–Crippen MR) is 101 cm³/mol. The lowest BCUT2D eigenvalue weighted by atomic mass is 10.00. The summed E-state index contributed by atoms with van der Waals surface area (Å²) in [5.74, 6) is 0.331. The number of hydrogen-bond acceptors (Lipinski definition) is 5. The fraction of sp³-hybridized carbons (Fsp3) is 0.211. The highest BCUT2D eigenvalue weighted by Crippen LogP contribution is 2.29. The van der Waals surface area contributed by atoms with E-state index in [0.717, 1.165) is 23.7 Å². The second-order valence-electron chi connectivity index (χ2n) is 6.05. The van der Waals surface area contributed by atoms with Crippen LogP contribution in [0.1, 0.15) is 11.1 Å². The minimum Gasteiger partial charge on any atom is -0.465 e. The van der Waals surface area contributed by atoms with Crippen LogP contribution in [0.25, 0.3) is 11.3 Å². The Bertz CT molecular complexity index is 927. The van der Waals surface area contributed by atoms with Crippen molar-refractivity contribution in [2.24, 2.45) is 0 Å². The van der Waals surface area contributed by atoms with Crippen molar-refractivity contribution < 1.29 is 9.53 Å². The van der Waals surface area contributed by atoms with Crippen LogP contribution >= 0.6 is 23.3 Å². The number of carbonyl (C=O) groups excluding carboxylic acids is 1. The third-order valence-corrected chi connectivity index (χ3v) is 5.16. The SMILES string of the molecule is O=C(COc1nsnc1-c1ccc(Cl)cc1)N1CCc2ccccc2C1. The zero-order chi connectivity index (χ0) is 17.9. The summed E-state index contributed by atoms with van der Waals surface area (Å²) in [5, 5.41) is 0.653. The Hall–Kier alpha value is -2.44. The van der Waals surface area contributed by atoms with Gasteiger partial charge in [0.2, 0.25) is 0 Å². The largest absolute Gasteiger partial charge is 0.465 e. The molecule has 26 heavy (non-hydrogen) atoms. The topological polar surface area (TPSA) is 55.3 Å². The third kappa shape index (κ3) is 3.57. The monoisotopic (exact) mass is 385 g/mol. The second kappa shape index (κ2) is 7.43. The molecule has 0 aliphatic carbocycles. The molecule has 1 aliphatic heterocycles. The molecule has 5 nitrogen and oxygen atoms in total. The molecule has 4 rings (SSSR count). The molecule has 1 aromatic heterocycles. The maximum atomic E-state index is 12.5. The van der Waals surface area contributed by atoms with Gasteiger partial charge < -0.3 is 9.64 Å². The van der Waals surface area contributed by atoms with Crippen LogP contribution in [-0.2, 0) is 17.8 Å². The van der Waals surface area contributed by atoms with E-state index >= 15 is 0 Å². The first-order valence-electron chi connectivity index (χ1n) is 8.26. The highest BCUT2D eigenvalue weighted by Gasteiger charge is 2.22. The summed E-state index contributed by atoms with van der Waals surface area (Å²) in [6.07, 6.45) is 0.871. The van der Waals surface area contributed by atoms with Gasteiger partial charge in [0.1, 0.15) is 5.69 Å². The molecule has 1 aliphatic rings. The first kappa shape index (κ1) is 17.0. The number of rotatable bonds is 4. The first-order chi connectivity index (χ1) is 12.7. The number of amides is 1. The average molecular weight is 386 g/mol. The van der Waals surface area contributed by atoms with Crippen LogP contribution in [0.5, 0.6) is 5.88 Å². The zero-order valence-electron chi connectivity index (χ0n) is 13.9. The molecule has 2 aromatic carbocycles. The van der Waals surface area contributed by atoms with Crippen LogP contribution in [0.4, 0.5) is 0 Å². The molecular formula is C19H16ClN3O2S. The molecule has 0 N–H and O–H groups in total. The van der Waals surface area contributed by atoms with Gasteiger partial charge in [-0.15, -0.1) is 4.37 Å². The van der Waals surface area contributed by atoms with E-state index in [0.29, 0.717) is 29.7 Å². The molecule has 0 radical (unpaired) electrons. The van der Waals surface area contributed by atoms with E-state index in [-0.39, 0.29) is 12.5 Å². The van der Waals surface area contributed by atoms with Crippen molar-refractivity contribution in [1.29, 1.82) is 0 Å². The van der Waals surface area contributed by atoms with Crippen molar-refractivity contribution in [3.05, 3.63) is 64.7 Å². The minimum absolute atomic E-state index is 0.0467. The van der Waals surface area contributed by atoms with Crippen molar-refractivity contribution >= 4 is 29.2 Å². The molecule has 0 saturated carbocycles. The third-order valence-electron chi connectivity index (χ3n) is 4.39.